The zero-order valence-corrected chi connectivity index (χ0v) is 17.1. The molecule has 156 valence electrons. The third-order valence-corrected chi connectivity index (χ3v) is 5.79. The van der Waals surface area contributed by atoms with E-state index in [2.05, 4.69) is 25.9 Å². The van der Waals surface area contributed by atoms with E-state index in [9.17, 15) is 14.4 Å². The van der Waals surface area contributed by atoms with Crippen LogP contribution in [0.15, 0.2) is 0 Å². The molecular weight excluding hydrogens is 398 g/mol. The second kappa shape index (κ2) is 9.59. The van der Waals surface area contributed by atoms with E-state index in [0.717, 1.165) is 43.4 Å². The van der Waals surface area contributed by atoms with Crippen LogP contribution in [0.3, 0.4) is 0 Å². The molecular formula is C18H23N5O5S. The number of aromatic amines is 1. The number of anilines is 1. The highest BCUT2D eigenvalue weighted by molar-refractivity contribution is 7.18. The predicted octanol–water partition coefficient (Wildman–Crippen LogP) is 2.42. The van der Waals surface area contributed by atoms with Gasteiger partial charge in [-0.1, -0.05) is 11.6 Å². The lowest BCUT2D eigenvalue weighted by atomic mass is 9.98. The smallest absolute Gasteiger partial charge is 0.348 e. The lowest BCUT2D eigenvalue weighted by Crippen LogP contribution is -2.21. The topological polar surface area (TPSA) is 136 Å². The molecule has 0 atom stereocenters. The second-order valence-electron chi connectivity index (χ2n) is 6.70. The van der Waals surface area contributed by atoms with Crippen molar-refractivity contribution in [3.63, 3.8) is 0 Å². The molecule has 11 heteroatoms. The number of nitrogens with one attached hydrogen (secondary N) is 2. The van der Waals surface area contributed by atoms with Crippen LogP contribution in [0.25, 0.3) is 0 Å². The number of nitrogens with zero attached hydrogens (tertiary/aromatic N) is 3. The van der Waals surface area contributed by atoms with E-state index in [-0.39, 0.29) is 40.4 Å². The Morgan fingerprint density at radius 3 is 2.62 bits per heavy atom. The van der Waals surface area contributed by atoms with Gasteiger partial charge >= 0.3 is 11.9 Å². The summed E-state index contributed by atoms with van der Waals surface area (Å²) in [6.45, 7) is 3.51. The van der Waals surface area contributed by atoms with Crippen molar-refractivity contribution in [1.82, 2.24) is 20.6 Å². The van der Waals surface area contributed by atoms with Crippen LogP contribution in [-0.2, 0) is 20.7 Å². The minimum Gasteiger partial charge on any atom is -0.462 e. The molecule has 1 saturated carbocycles. The molecule has 0 aliphatic heterocycles. The van der Waals surface area contributed by atoms with Crippen LogP contribution in [0, 0.1) is 6.92 Å². The molecule has 10 nitrogen and oxygen atoms in total. The first kappa shape index (κ1) is 20.9. The van der Waals surface area contributed by atoms with Gasteiger partial charge in [0.2, 0.25) is 5.91 Å². The molecule has 29 heavy (non-hydrogen) atoms. The fraction of sp³-hybridized carbons (Fsp3) is 0.556. The number of H-pyrrole nitrogens is 1. The summed E-state index contributed by atoms with van der Waals surface area (Å²) in [6, 6.07) is 0. The van der Waals surface area contributed by atoms with Gasteiger partial charge in [0.05, 0.1) is 18.6 Å². The fourth-order valence-corrected chi connectivity index (χ4v) is 4.30. The molecule has 0 spiro atoms. The Balaban J connectivity index is 1.81. The molecule has 1 aliphatic rings. The largest absolute Gasteiger partial charge is 0.462 e. The maximum Gasteiger partial charge on any atom is 0.348 e. The minimum absolute atomic E-state index is 0.111. The molecule has 2 N–H and O–H groups in total. The predicted molar refractivity (Wildman–Crippen MR) is 104 cm³/mol. The quantitative estimate of drug-likeness (QED) is 0.651. The first-order chi connectivity index (χ1) is 14.0. The summed E-state index contributed by atoms with van der Waals surface area (Å²) in [5.41, 5.74) is 0.595. The SMILES string of the molecule is CCOC(=O)c1c(NC(=O)Cc2nn[nH]n2)sc(C(=O)OC2CCCCC2)c1C. The molecule has 1 fully saturated rings. The third kappa shape index (κ3) is 5.17. The number of carbonyl (C=O) groups excluding carboxylic acids is 3. The highest BCUT2D eigenvalue weighted by Crippen LogP contribution is 2.35. The van der Waals surface area contributed by atoms with Gasteiger partial charge in [-0.15, -0.1) is 21.5 Å². The Kier molecular flexibility index (Phi) is 6.91. The zero-order chi connectivity index (χ0) is 20.8. The summed E-state index contributed by atoms with van der Waals surface area (Å²) in [4.78, 5) is 37.8. The molecule has 0 bridgehead atoms. The lowest BCUT2D eigenvalue weighted by molar-refractivity contribution is -0.115. The van der Waals surface area contributed by atoms with Crippen molar-refractivity contribution in [2.24, 2.45) is 0 Å². The average molecular weight is 421 g/mol. The molecule has 3 rings (SSSR count). The number of esters is 2. The maximum atomic E-state index is 12.7. The van der Waals surface area contributed by atoms with E-state index >= 15 is 0 Å². The van der Waals surface area contributed by atoms with Crippen molar-refractivity contribution < 1.29 is 23.9 Å². The van der Waals surface area contributed by atoms with Gasteiger partial charge in [0.15, 0.2) is 5.82 Å². The van der Waals surface area contributed by atoms with Crippen molar-refractivity contribution >= 4 is 34.2 Å². The Morgan fingerprint density at radius 1 is 1.21 bits per heavy atom. The van der Waals surface area contributed by atoms with Gasteiger partial charge in [-0.05, 0) is 45.1 Å². The summed E-state index contributed by atoms with van der Waals surface area (Å²) >= 11 is 1.01. The van der Waals surface area contributed by atoms with E-state index in [4.69, 9.17) is 9.47 Å². The summed E-state index contributed by atoms with van der Waals surface area (Å²) in [6.07, 6.45) is 4.66. The van der Waals surface area contributed by atoms with Crippen molar-refractivity contribution in [1.29, 1.82) is 0 Å². The van der Waals surface area contributed by atoms with Gasteiger partial charge in [-0.3, -0.25) is 4.79 Å². The molecule has 0 aromatic carbocycles. The van der Waals surface area contributed by atoms with E-state index in [1.165, 1.54) is 0 Å². The van der Waals surface area contributed by atoms with E-state index in [1.807, 2.05) is 0 Å². The number of ether oxygens (including phenoxy) is 2. The average Bonchev–Trinajstić information content (AvgIpc) is 3.30. The molecule has 0 unspecified atom stereocenters. The van der Waals surface area contributed by atoms with Gasteiger partial charge in [-0.25, -0.2) is 9.59 Å². The molecule has 2 heterocycles. The molecule has 1 amide bonds. The van der Waals surface area contributed by atoms with Crippen molar-refractivity contribution in [2.75, 3.05) is 11.9 Å². The highest BCUT2D eigenvalue weighted by Gasteiger charge is 2.29. The number of rotatable bonds is 7. The molecule has 1 aliphatic carbocycles. The Bertz CT molecular complexity index is 874. The number of hydrogen-bond acceptors (Lipinski definition) is 9. The highest BCUT2D eigenvalue weighted by atomic mass is 32.1. The van der Waals surface area contributed by atoms with Crippen LogP contribution in [0.4, 0.5) is 5.00 Å². The normalized spacial score (nSPS) is 14.4. The lowest BCUT2D eigenvalue weighted by Gasteiger charge is -2.21. The number of aromatic nitrogens is 4. The van der Waals surface area contributed by atoms with Crippen LogP contribution in [0.2, 0.25) is 0 Å². The van der Waals surface area contributed by atoms with Gasteiger partial charge in [0.1, 0.15) is 16.0 Å². The Labute approximate surface area is 171 Å². The standard InChI is InChI=1S/C18H23N5O5S/c1-3-27-17(25)14-10(2)15(18(26)28-11-7-5-4-6-8-11)29-16(14)19-13(24)9-12-20-22-23-21-12/h11H,3-9H2,1-2H3,(H,19,24)(H,20,21,22,23). The maximum absolute atomic E-state index is 12.7. The van der Waals surface area contributed by atoms with E-state index < -0.39 is 17.8 Å². The molecule has 2 aromatic heterocycles. The van der Waals surface area contributed by atoms with Crippen LogP contribution in [-0.4, -0.2) is 51.2 Å². The Morgan fingerprint density at radius 2 is 1.97 bits per heavy atom. The van der Waals surface area contributed by atoms with Crippen LogP contribution in [0.5, 0.6) is 0 Å². The van der Waals surface area contributed by atoms with Crippen LogP contribution in [0.1, 0.15) is 70.4 Å². The number of tetrazole rings is 1. The van der Waals surface area contributed by atoms with Gasteiger partial charge < -0.3 is 14.8 Å². The van der Waals surface area contributed by atoms with Crippen LogP contribution < -0.4 is 5.32 Å². The van der Waals surface area contributed by atoms with Crippen LogP contribution >= 0.6 is 11.3 Å². The van der Waals surface area contributed by atoms with Gasteiger partial charge in [0.25, 0.3) is 0 Å². The summed E-state index contributed by atoms with van der Waals surface area (Å²) in [7, 11) is 0. The first-order valence-electron chi connectivity index (χ1n) is 9.53. The molecule has 0 saturated heterocycles. The van der Waals surface area contributed by atoms with Gasteiger partial charge in [-0.2, -0.15) is 5.21 Å². The van der Waals surface area contributed by atoms with E-state index in [1.54, 1.807) is 13.8 Å². The molecule has 2 aromatic rings. The third-order valence-electron chi connectivity index (χ3n) is 4.60. The zero-order valence-electron chi connectivity index (χ0n) is 16.3. The Hall–Kier alpha value is -2.82. The minimum atomic E-state index is -0.604. The number of carbonyl (C=O) groups is 3. The van der Waals surface area contributed by atoms with Crippen molar-refractivity contribution in [3.05, 3.63) is 21.8 Å². The van der Waals surface area contributed by atoms with Gasteiger partial charge in [0, 0.05) is 0 Å². The molecule has 0 radical (unpaired) electrons. The summed E-state index contributed by atoms with van der Waals surface area (Å²) in [5, 5.41) is 16.0. The summed E-state index contributed by atoms with van der Waals surface area (Å²) < 4.78 is 10.7. The monoisotopic (exact) mass is 421 g/mol. The fourth-order valence-electron chi connectivity index (χ4n) is 3.20. The second-order valence-corrected chi connectivity index (χ2v) is 7.72. The first-order valence-corrected chi connectivity index (χ1v) is 10.3. The van der Waals surface area contributed by atoms with Crippen molar-refractivity contribution in [2.45, 2.75) is 58.5 Å². The number of amides is 1. The van der Waals surface area contributed by atoms with E-state index in [0.29, 0.717) is 5.56 Å². The number of thiophene rings is 1. The summed E-state index contributed by atoms with van der Waals surface area (Å²) in [5.74, 6) is -1.31. The van der Waals surface area contributed by atoms with Crippen molar-refractivity contribution in [3.8, 4) is 0 Å². The number of hydrogen-bond donors (Lipinski definition) is 2.